The van der Waals surface area contributed by atoms with E-state index >= 15 is 0 Å². The van der Waals surface area contributed by atoms with E-state index in [-0.39, 0.29) is 11.6 Å². The van der Waals surface area contributed by atoms with Gasteiger partial charge in [-0.2, -0.15) is 0 Å². The summed E-state index contributed by atoms with van der Waals surface area (Å²) < 4.78 is 6.73. The number of halogens is 1. The second kappa shape index (κ2) is 7.75. The molecule has 0 unspecified atom stereocenters. The molecule has 1 amide bonds. The summed E-state index contributed by atoms with van der Waals surface area (Å²) in [6.07, 6.45) is 2.35. The van der Waals surface area contributed by atoms with Gasteiger partial charge < -0.3 is 10.1 Å². The Morgan fingerprint density at radius 1 is 1.38 bits per heavy atom. The van der Waals surface area contributed by atoms with Crippen LogP contribution in [0.15, 0.2) is 30.5 Å². The highest BCUT2D eigenvalue weighted by Gasteiger charge is 2.10. The van der Waals surface area contributed by atoms with Crippen molar-refractivity contribution in [3.8, 4) is 5.69 Å². The van der Waals surface area contributed by atoms with Gasteiger partial charge >= 0.3 is 0 Å². The quantitative estimate of drug-likeness (QED) is 0.795. The summed E-state index contributed by atoms with van der Waals surface area (Å²) in [5.74, 6) is -0.244. The molecule has 0 aliphatic carbocycles. The third-order valence-corrected chi connectivity index (χ3v) is 3.02. The van der Waals surface area contributed by atoms with Crippen LogP contribution in [0.4, 0.5) is 0 Å². The number of amides is 1. The van der Waals surface area contributed by atoms with E-state index < -0.39 is 0 Å². The van der Waals surface area contributed by atoms with Crippen LogP contribution in [0.25, 0.3) is 5.69 Å². The van der Waals surface area contributed by atoms with E-state index in [0.717, 1.165) is 12.1 Å². The maximum absolute atomic E-state index is 11.9. The van der Waals surface area contributed by atoms with Crippen LogP contribution in [0.5, 0.6) is 0 Å². The normalized spacial score (nSPS) is 10.6. The van der Waals surface area contributed by atoms with Gasteiger partial charge in [0.05, 0.1) is 11.9 Å². The first kappa shape index (κ1) is 15.5. The molecule has 21 heavy (non-hydrogen) atoms. The smallest absolute Gasteiger partial charge is 0.273 e. The van der Waals surface area contributed by atoms with E-state index in [0.29, 0.717) is 24.8 Å². The van der Waals surface area contributed by atoms with E-state index in [1.807, 2.05) is 6.92 Å². The molecular weight excluding hydrogens is 292 g/mol. The van der Waals surface area contributed by atoms with Crippen LogP contribution in [-0.2, 0) is 4.74 Å². The fourth-order valence-electron chi connectivity index (χ4n) is 1.70. The Labute approximate surface area is 128 Å². The molecule has 0 bridgehead atoms. The van der Waals surface area contributed by atoms with E-state index in [1.165, 1.54) is 4.68 Å². The van der Waals surface area contributed by atoms with Crippen molar-refractivity contribution >= 4 is 17.5 Å². The molecule has 0 radical (unpaired) electrons. The number of benzene rings is 1. The molecule has 0 saturated carbocycles. The molecule has 1 N–H and O–H groups in total. The van der Waals surface area contributed by atoms with Gasteiger partial charge in [0.1, 0.15) is 0 Å². The number of carbonyl (C=O) groups excluding carboxylic acids is 1. The summed E-state index contributed by atoms with van der Waals surface area (Å²) >= 11 is 5.83. The number of hydrogen-bond acceptors (Lipinski definition) is 4. The van der Waals surface area contributed by atoms with Crippen LogP contribution < -0.4 is 5.32 Å². The number of aromatic nitrogens is 3. The number of carbonyl (C=O) groups is 1. The molecule has 1 aromatic heterocycles. The lowest BCUT2D eigenvalue weighted by molar-refractivity contribution is 0.0939. The third-order valence-electron chi connectivity index (χ3n) is 2.77. The Hall–Kier alpha value is -1.92. The monoisotopic (exact) mass is 308 g/mol. The Morgan fingerprint density at radius 3 is 2.86 bits per heavy atom. The zero-order valence-electron chi connectivity index (χ0n) is 11.8. The molecule has 112 valence electrons. The Bertz CT molecular complexity index is 583. The minimum atomic E-state index is -0.244. The zero-order chi connectivity index (χ0) is 15.1. The van der Waals surface area contributed by atoms with Crippen LogP contribution in [0.2, 0.25) is 5.02 Å². The molecule has 0 atom stereocenters. The van der Waals surface area contributed by atoms with Crippen LogP contribution in [0.3, 0.4) is 0 Å². The Balaban J connectivity index is 1.90. The average molecular weight is 309 g/mol. The minimum absolute atomic E-state index is 0.244. The second-order valence-corrected chi connectivity index (χ2v) is 4.77. The highest BCUT2D eigenvalue weighted by molar-refractivity contribution is 6.30. The van der Waals surface area contributed by atoms with E-state index in [2.05, 4.69) is 15.6 Å². The van der Waals surface area contributed by atoms with Crippen molar-refractivity contribution in [3.63, 3.8) is 0 Å². The van der Waals surface area contributed by atoms with Gasteiger partial charge in [0.15, 0.2) is 5.69 Å². The number of hydrogen-bond donors (Lipinski definition) is 1. The van der Waals surface area contributed by atoms with E-state index in [4.69, 9.17) is 16.3 Å². The molecule has 0 spiro atoms. The maximum atomic E-state index is 11.9. The van der Waals surface area contributed by atoms with Crippen molar-refractivity contribution < 1.29 is 9.53 Å². The zero-order valence-corrected chi connectivity index (χ0v) is 12.5. The SMILES string of the molecule is CCOCCCNC(=O)c1cn(-c2ccc(Cl)cc2)nn1. The molecular formula is C14H17ClN4O2. The molecule has 0 saturated heterocycles. The number of rotatable bonds is 7. The molecule has 0 aliphatic rings. The van der Waals surface area contributed by atoms with Crippen LogP contribution in [0.1, 0.15) is 23.8 Å². The molecule has 1 aromatic carbocycles. The molecule has 0 fully saturated rings. The van der Waals surface area contributed by atoms with Crippen molar-refractivity contribution in [1.29, 1.82) is 0 Å². The fourth-order valence-corrected chi connectivity index (χ4v) is 1.82. The first-order valence-electron chi connectivity index (χ1n) is 6.75. The molecule has 0 aliphatic heterocycles. The average Bonchev–Trinajstić information content (AvgIpc) is 2.97. The van der Waals surface area contributed by atoms with Crippen molar-refractivity contribution in [1.82, 2.24) is 20.3 Å². The van der Waals surface area contributed by atoms with Gasteiger partial charge in [-0.3, -0.25) is 4.79 Å². The predicted molar refractivity (Wildman–Crippen MR) is 79.8 cm³/mol. The highest BCUT2D eigenvalue weighted by atomic mass is 35.5. The molecule has 1 heterocycles. The summed E-state index contributed by atoms with van der Waals surface area (Å²) in [7, 11) is 0. The summed E-state index contributed by atoms with van der Waals surface area (Å²) in [6, 6.07) is 7.12. The molecule has 7 heteroatoms. The van der Waals surface area contributed by atoms with Crippen LogP contribution in [-0.4, -0.2) is 40.7 Å². The van der Waals surface area contributed by atoms with E-state index in [9.17, 15) is 4.79 Å². The summed E-state index contributed by atoms with van der Waals surface area (Å²) in [5.41, 5.74) is 1.07. The lowest BCUT2D eigenvalue weighted by atomic mass is 10.3. The third kappa shape index (κ3) is 4.54. The van der Waals surface area contributed by atoms with Gasteiger partial charge in [0.25, 0.3) is 5.91 Å². The number of nitrogens with zero attached hydrogens (tertiary/aromatic N) is 3. The lowest BCUT2D eigenvalue weighted by Crippen LogP contribution is -2.25. The molecule has 2 rings (SSSR count). The van der Waals surface area contributed by atoms with Crippen molar-refractivity contribution in [2.75, 3.05) is 19.8 Å². The predicted octanol–water partition coefficient (Wildman–Crippen LogP) is 2.08. The van der Waals surface area contributed by atoms with Gasteiger partial charge in [0.2, 0.25) is 0 Å². The first-order valence-corrected chi connectivity index (χ1v) is 7.12. The topological polar surface area (TPSA) is 69.0 Å². The standard InChI is InChI=1S/C14H17ClN4O2/c1-2-21-9-3-8-16-14(20)13-10-19(18-17-13)12-6-4-11(15)5-7-12/h4-7,10H,2-3,8-9H2,1H3,(H,16,20). The molecule has 2 aromatic rings. The Morgan fingerprint density at radius 2 is 2.14 bits per heavy atom. The second-order valence-electron chi connectivity index (χ2n) is 4.33. The fraction of sp³-hybridized carbons (Fsp3) is 0.357. The van der Waals surface area contributed by atoms with E-state index in [1.54, 1.807) is 30.5 Å². The Kier molecular flexibility index (Phi) is 5.71. The number of nitrogens with one attached hydrogen (secondary N) is 1. The van der Waals surface area contributed by atoms with Crippen molar-refractivity contribution in [2.45, 2.75) is 13.3 Å². The minimum Gasteiger partial charge on any atom is -0.382 e. The maximum Gasteiger partial charge on any atom is 0.273 e. The molecule has 6 nitrogen and oxygen atoms in total. The highest BCUT2D eigenvalue weighted by Crippen LogP contribution is 2.12. The summed E-state index contributed by atoms with van der Waals surface area (Å²) in [4.78, 5) is 11.9. The van der Waals surface area contributed by atoms with Crippen molar-refractivity contribution in [3.05, 3.63) is 41.2 Å². The van der Waals surface area contributed by atoms with Gasteiger partial charge in [-0.05, 0) is 37.6 Å². The summed E-state index contributed by atoms with van der Waals surface area (Å²) in [6.45, 7) is 3.80. The van der Waals surface area contributed by atoms with Crippen molar-refractivity contribution in [2.24, 2.45) is 0 Å². The van der Waals surface area contributed by atoms with Gasteiger partial charge in [-0.15, -0.1) is 5.10 Å². The largest absolute Gasteiger partial charge is 0.382 e. The van der Waals surface area contributed by atoms with Gasteiger partial charge in [-0.25, -0.2) is 4.68 Å². The van der Waals surface area contributed by atoms with Crippen LogP contribution >= 0.6 is 11.6 Å². The van der Waals surface area contributed by atoms with Gasteiger partial charge in [-0.1, -0.05) is 16.8 Å². The number of ether oxygens (including phenoxy) is 1. The van der Waals surface area contributed by atoms with Crippen LogP contribution in [0, 0.1) is 0 Å². The first-order chi connectivity index (χ1) is 10.2. The summed E-state index contributed by atoms with van der Waals surface area (Å²) in [5, 5.41) is 11.2. The lowest BCUT2D eigenvalue weighted by Gasteiger charge is -2.02. The van der Waals surface area contributed by atoms with Gasteiger partial charge in [0, 0.05) is 24.8 Å².